The number of hydrogen-bond donors (Lipinski definition) is 1. The molecule has 0 aliphatic rings. The van der Waals surface area contributed by atoms with Gasteiger partial charge in [-0.3, -0.25) is 0 Å². The van der Waals surface area contributed by atoms with Crippen LogP contribution in [0.2, 0.25) is 0 Å². The molecule has 1 aromatic heterocycles. The molecule has 0 radical (unpaired) electrons. The Balaban J connectivity index is 2.84. The molecule has 0 fully saturated rings. The van der Waals surface area contributed by atoms with Crippen LogP contribution in [0.25, 0.3) is 10.9 Å². The molecule has 0 aliphatic heterocycles. The van der Waals surface area contributed by atoms with Crippen molar-refractivity contribution in [3.63, 3.8) is 0 Å². The van der Waals surface area contributed by atoms with Crippen LogP contribution in [0.3, 0.4) is 0 Å². The summed E-state index contributed by atoms with van der Waals surface area (Å²) >= 11 is 0. The predicted molar refractivity (Wildman–Crippen MR) is 51.2 cm³/mol. The molecule has 2 rings (SSSR count). The topological polar surface area (TPSA) is 63.1 Å². The van der Waals surface area contributed by atoms with E-state index in [-0.39, 0.29) is 5.56 Å². The molecule has 0 spiro atoms. The molecule has 0 saturated heterocycles. The van der Waals surface area contributed by atoms with Crippen molar-refractivity contribution in [3.05, 3.63) is 35.8 Å². The first-order valence-electron chi connectivity index (χ1n) is 4.14. The van der Waals surface area contributed by atoms with E-state index in [2.05, 4.69) is 9.97 Å². The van der Waals surface area contributed by atoms with Crippen LogP contribution in [0.15, 0.2) is 24.4 Å². The average molecular weight is 188 g/mol. The first-order chi connectivity index (χ1) is 6.68. The third-order valence-electron chi connectivity index (χ3n) is 1.96. The van der Waals surface area contributed by atoms with Crippen LogP contribution < -0.4 is 0 Å². The number of carbonyl (C=O) groups is 1. The standard InChI is InChI=1S/C10H8N2O2/c1-6-11-5-7-3-2-4-8(10(13)14)9(7)12-6/h2-5H,1H3,(H,13,14). The van der Waals surface area contributed by atoms with Gasteiger partial charge in [0.25, 0.3) is 0 Å². The maximum Gasteiger partial charge on any atom is 0.337 e. The van der Waals surface area contributed by atoms with E-state index in [1.807, 2.05) is 0 Å². The Labute approximate surface area is 80.2 Å². The van der Waals surface area contributed by atoms with Gasteiger partial charge in [0.2, 0.25) is 0 Å². The summed E-state index contributed by atoms with van der Waals surface area (Å²) in [5, 5.41) is 9.66. The average Bonchev–Trinajstić information content (AvgIpc) is 2.16. The van der Waals surface area contributed by atoms with Crippen LogP contribution >= 0.6 is 0 Å². The smallest absolute Gasteiger partial charge is 0.337 e. The molecule has 1 aromatic carbocycles. The van der Waals surface area contributed by atoms with Gasteiger partial charge in [-0.15, -0.1) is 0 Å². The zero-order valence-corrected chi connectivity index (χ0v) is 7.56. The summed E-state index contributed by atoms with van der Waals surface area (Å²) < 4.78 is 0. The van der Waals surface area contributed by atoms with E-state index in [0.29, 0.717) is 11.3 Å². The fraction of sp³-hybridized carbons (Fsp3) is 0.100. The third kappa shape index (κ3) is 1.31. The van der Waals surface area contributed by atoms with Crippen molar-refractivity contribution in [2.75, 3.05) is 0 Å². The van der Waals surface area contributed by atoms with Crippen LogP contribution in [-0.4, -0.2) is 21.0 Å². The minimum absolute atomic E-state index is 0.216. The lowest BCUT2D eigenvalue weighted by atomic mass is 10.1. The van der Waals surface area contributed by atoms with Crippen molar-refractivity contribution in [1.82, 2.24) is 9.97 Å². The van der Waals surface area contributed by atoms with Crippen LogP contribution in [0.1, 0.15) is 16.2 Å². The van der Waals surface area contributed by atoms with Gasteiger partial charge in [0.1, 0.15) is 5.82 Å². The van der Waals surface area contributed by atoms with E-state index in [0.717, 1.165) is 5.39 Å². The van der Waals surface area contributed by atoms with E-state index in [1.165, 1.54) is 6.07 Å². The van der Waals surface area contributed by atoms with Gasteiger partial charge in [-0.25, -0.2) is 14.8 Å². The van der Waals surface area contributed by atoms with Crippen molar-refractivity contribution in [1.29, 1.82) is 0 Å². The molecule has 2 aromatic rings. The third-order valence-corrected chi connectivity index (χ3v) is 1.96. The molecular formula is C10H8N2O2. The van der Waals surface area contributed by atoms with E-state index < -0.39 is 5.97 Å². The second-order valence-corrected chi connectivity index (χ2v) is 2.97. The molecule has 4 nitrogen and oxygen atoms in total. The molecule has 1 N–H and O–H groups in total. The Kier molecular flexibility index (Phi) is 1.89. The van der Waals surface area contributed by atoms with Gasteiger partial charge in [0.15, 0.2) is 0 Å². The van der Waals surface area contributed by atoms with Crippen LogP contribution in [0, 0.1) is 6.92 Å². The van der Waals surface area contributed by atoms with Crippen molar-refractivity contribution in [2.24, 2.45) is 0 Å². The van der Waals surface area contributed by atoms with Gasteiger partial charge in [-0.1, -0.05) is 12.1 Å². The van der Waals surface area contributed by atoms with Gasteiger partial charge in [-0.05, 0) is 13.0 Å². The number of hydrogen-bond acceptors (Lipinski definition) is 3. The first-order valence-corrected chi connectivity index (χ1v) is 4.14. The summed E-state index contributed by atoms with van der Waals surface area (Å²) in [5.41, 5.74) is 0.709. The highest BCUT2D eigenvalue weighted by molar-refractivity contribution is 6.01. The Morgan fingerprint density at radius 2 is 2.21 bits per heavy atom. The van der Waals surface area contributed by atoms with E-state index in [1.54, 1.807) is 25.3 Å². The lowest BCUT2D eigenvalue weighted by Gasteiger charge is -2.01. The van der Waals surface area contributed by atoms with Gasteiger partial charge in [0.05, 0.1) is 11.1 Å². The molecule has 14 heavy (non-hydrogen) atoms. The summed E-state index contributed by atoms with van der Waals surface area (Å²) in [6, 6.07) is 5.02. The SMILES string of the molecule is Cc1ncc2cccc(C(=O)O)c2n1. The van der Waals surface area contributed by atoms with Crippen molar-refractivity contribution in [2.45, 2.75) is 6.92 Å². The molecular weight excluding hydrogens is 180 g/mol. The van der Waals surface area contributed by atoms with E-state index >= 15 is 0 Å². The van der Waals surface area contributed by atoms with Gasteiger partial charge in [-0.2, -0.15) is 0 Å². The molecule has 0 unspecified atom stereocenters. The Bertz CT molecular complexity index is 508. The molecule has 0 aliphatic carbocycles. The maximum atomic E-state index is 10.9. The largest absolute Gasteiger partial charge is 0.478 e. The number of nitrogens with zero attached hydrogens (tertiary/aromatic N) is 2. The highest BCUT2D eigenvalue weighted by Gasteiger charge is 2.08. The zero-order valence-electron chi connectivity index (χ0n) is 7.56. The van der Waals surface area contributed by atoms with Gasteiger partial charge in [0, 0.05) is 11.6 Å². The molecule has 70 valence electrons. The first kappa shape index (κ1) is 8.62. The van der Waals surface area contributed by atoms with Gasteiger partial charge < -0.3 is 5.11 Å². The summed E-state index contributed by atoms with van der Waals surface area (Å²) in [6.45, 7) is 1.73. The van der Waals surface area contributed by atoms with E-state index in [4.69, 9.17) is 5.11 Å². The number of aromatic carboxylic acids is 1. The Hall–Kier alpha value is -1.97. The molecule has 0 saturated carbocycles. The number of aromatic nitrogens is 2. The molecule has 0 bridgehead atoms. The number of benzene rings is 1. The fourth-order valence-corrected chi connectivity index (χ4v) is 1.32. The van der Waals surface area contributed by atoms with Crippen molar-refractivity contribution < 1.29 is 9.90 Å². The fourth-order valence-electron chi connectivity index (χ4n) is 1.32. The monoisotopic (exact) mass is 188 g/mol. The zero-order chi connectivity index (χ0) is 10.1. The second kappa shape index (κ2) is 3.06. The highest BCUT2D eigenvalue weighted by Crippen LogP contribution is 2.15. The number of carboxylic acids is 1. The number of fused-ring (bicyclic) bond motifs is 1. The molecule has 0 atom stereocenters. The van der Waals surface area contributed by atoms with Gasteiger partial charge >= 0.3 is 5.97 Å². The van der Waals surface area contributed by atoms with Crippen LogP contribution in [-0.2, 0) is 0 Å². The highest BCUT2D eigenvalue weighted by atomic mass is 16.4. The van der Waals surface area contributed by atoms with E-state index in [9.17, 15) is 4.79 Å². The van der Waals surface area contributed by atoms with Crippen LogP contribution in [0.5, 0.6) is 0 Å². The minimum Gasteiger partial charge on any atom is -0.478 e. The number of para-hydroxylation sites is 1. The molecule has 4 heteroatoms. The lowest BCUT2D eigenvalue weighted by Crippen LogP contribution is -2.00. The molecule has 1 heterocycles. The summed E-state index contributed by atoms with van der Waals surface area (Å²) in [6.07, 6.45) is 1.63. The lowest BCUT2D eigenvalue weighted by molar-refractivity contribution is 0.0699. The van der Waals surface area contributed by atoms with Crippen LogP contribution in [0.4, 0.5) is 0 Å². The normalized spacial score (nSPS) is 10.4. The maximum absolute atomic E-state index is 10.9. The summed E-state index contributed by atoms with van der Waals surface area (Å²) in [7, 11) is 0. The number of carboxylic acid groups (broad SMARTS) is 1. The summed E-state index contributed by atoms with van der Waals surface area (Å²) in [5.74, 6) is -0.389. The second-order valence-electron chi connectivity index (χ2n) is 2.97. The predicted octanol–water partition coefficient (Wildman–Crippen LogP) is 1.64. The Morgan fingerprint density at radius 3 is 2.93 bits per heavy atom. The van der Waals surface area contributed by atoms with Crippen molar-refractivity contribution >= 4 is 16.9 Å². The molecule has 0 amide bonds. The summed E-state index contributed by atoms with van der Waals surface area (Å²) in [4.78, 5) is 19.0. The minimum atomic E-state index is -0.964. The quantitative estimate of drug-likeness (QED) is 0.738. The van der Waals surface area contributed by atoms with Crippen molar-refractivity contribution in [3.8, 4) is 0 Å². The number of rotatable bonds is 1. The number of aryl methyl sites for hydroxylation is 1. The Morgan fingerprint density at radius 1 is 1.43 bits per heavy atom.